The van der Waals surface area contributed by atoms with Crippen LogP contribution in [0, 0.1) is 0 Å². The highest BCUT2D eigenvalue weighted by Gasteiger charge is 2.18. The van der Waals surface area contributed by atoms with E-state index in [1.807, 2.05) is 0 Å². The molecule has 0 unspecified atom stereocenters. The van der Waals surface area contributed by atoms with Crippen molar-refractivity contribution < 1.29 is 20.1 Å². The van der Waals surface area contributed by atoms with E-state index in [9.17, 15) is 15.3 Å². The van der Waals surface area contributed by atoms with Gasteiger partial charge in [0.2, 0.25) is 5.95 Å². The van der Waals surface area contributed by atoms with E-state index in [1.54, 1.807) is 18.2 Å². The molecule has 2 heterocycles. The third-order valence-electron chi connectivity index (χ3n) is 4.28. The van der Waals surface area contributed by atoms with E-state index in [1.165, 1.54) is 25.3 Å². The van der Waals surface area contributed by atoms with Crippen molar-refractivity contribution in [2.24, 2.45) is 0 Å². The summed E-state index contributed by atoms with van der Waals surface area (Å²) >= 11 is 0. The van der Waals surface area contributed by atoms with Gasteiger partial charge in [0.15, 0.2) is 40.0 Å². The summed E-state index contributed by atoms with van der Waals surface area (Å²) in [6.45, 7) is 0. The van der Waals surface area contributed by atoms with Gasteiger partial charge in [0.1, 0.15) is 0 Å². The van der Waals surface area contributed by atoms with Crippen LogP contribution in [0.25, 0.3) is 33.7 Å². The van der Waals surface area contributed by atoms with Crippen molar-refractivity contribution in [2.45, 2.75) is 0 Å². The molecule has 2 aromatic heterocycles. The molecule has 0 aliphatic carbocycles. The molecule has 4 aromatic rings. The molecule has 0 amide bonds. The lowest BCUT2D eigenvalue weighted by atomic mass is 10.0. The molecule has 0 spiro atoms. The van der Waals surface area contributed by atoms with Crippen LogP contribution in [0.2, 0.25) is 0 Å². The molecule has 0 aliphatic rings. The minimum atomic E-state index is -0.325. The summed E-state index contributed by atoms with van der Waals surface area (Å²) in [6.07, 6.45) is 0. The average molecular weight is 392 g/mol. The molecular weight excluding hydrogens is 376 g/mol. The number of hydrogen-bond donors (Lipinski definition) is 5. The second-order valence-electron chi connectivity index (χ2n) is 6.15. The van der Waals surface area contributed by atoms with Crippen molar-refractivity contribution in [2.75, 3.05) is 18.6 Å². The lowest BCUT2D eigenvalue weighted by Gasteiger charge is -2.13. The van der Waals surface area contributed by atoms with E-state index in [0.29, 0.717) is 28.3 Å². The number of anilines is 2. The number of phenols is 3. The van der Waals surface area contributed by atoms with Gasteiger partial charge in [0.05, 0.1) is 18.5 Å². The quantitative estimate of drug-likeness (QED) is 0.325. The van der Waals surface area contributed by atoms with E-state index >= 15 is 0 Å². The van der Waals surface area contributed by atoms with Gasteiger partial charge in [-0.15, -0.1) is 0 Å². The average Bonchev–Trinajstić information content (AvgIpc) is 2.69. The fourth-order valence-electron chi connectivity index (χ4n) is 2.90. The third kappa shape index (κ3) is 3.12. The molecule has 0 aliphatic heterocycles. The maximum atomic E-state index is 10.2. The third-order valence-corrected chi connectivity index (χ3v) is 4.28. The normalized spacial score (nSPS) is 10.9. The molecule has 0 atom stereocenters. The molecule has 29 heavy (non-hydrogen) atoms. The highest BCUT2D eigenvalue weighted by Crippen LogP contribution is 2.38. The molecular formula is C19H16N6O4. The number of rotatable bonds is 3. The van der Waals surface area contributed by atoms with Gasteiger partial charge in [0, 0.05) is 11.1 Å². The van der Waals surface area contributed by atoms with Crippen molar-refractivity contribution in [1.29, 1.82) is 0 Å². The van der Waals surface area contributed by atoms with E-state index in [4.69, 9.17) is 16.2 Å². The Hall–Kier alpha value is -4.34. The van der Waals surface area contributed by atoms with Crippen molar-refractivity contribution in [3.63, 3.8) is 0 Å². The summed E-state index contributed by atoms with van der Waals surface area (Å²) in [7, 11) is 1.44. The predicted molar refractivity (Wildman–Crippen MR) is 106 cm³/mol. The second kappa shape index (κ2) is 6.68. The van der Waals surface area contributed by atoms with Gasteiger partial charge in [-0.05, 0) is 36.4 Å². The first kappa shape index (κ1) is 18.0. The Labute approximate surface area is 164 Å². The van der Waals surface area contributed by atoms with Crippen molar-refractivity contribution in [3.8, 4) is 45.5 Å². The van der Waals surface area contributed by atoms with Crippen molar-refractivity contribution in [1.82, 2.24) is 19.9 Å². The summed E-state index contributed by atoms with van der Waals surface area (Å²) in [5.41, 5.74) is 13.6. The van der Waals surface area contributed by atoms with Crippen LogP contribution >= 0.6 is 0 Å². The number of phenolic OH excluding ortho intramolecular Hbond substituents is 3. The number of fused-ring (bicyclic) bond motifs is 1. The van der Waals surface area contributed by atoms with Crippen LogP contribution in [0.4, 0.5) is 11.8 Å². The predicted octanol–water partition coefficient (Wildman–Crippen LogP) is 2.04. The maximum Gasteiger partial charge on any atom is 0.224 e. The zero-order valence-electron chi connectivity index (χ0n) is 15.2. The molecule has 0 saturated heterocycles. The van der Waals surface area contributed by atoms with Crippen LogP contribution in [-0.2, 0) is 0 Å². The molecule has 146 valence electrons. The standard InChI is InChI=1S/C19H16N6O4/c1-29-13-5-3-9(7-12(13)28)15-14(8-2-4-10(26)11(27)6-8)22-16-17(20)24-19(21)25-18(16)23-15/h2-7,26-28H,1H3,(H4,20,21,23,24,25). The van der Waals surface area contributed by atoms with E-state index in [2.05, 4.69) is 19.9 Å². The molecule has 10 heteroatoms. The first-order chi connectivity index (χ1) is 13.9. The summed E-state index contributed by atoms with van der Waals surface area (Å²) in [4.78, 5) is 17.0. The summed E-state index contributed by atoms with van der Waals surface area (Å²) < 4.78 is 5.08. The molecule has 0 fully saturated rings. The Morgan fingerprint density at radius 2 is 1.41 bits per heavy atom. The zero-order chi connectivity index (χ0) is 20.7. The summed E-state index contributed by atoms with van der Waals surface area (Å²) in [5.74, 6) is -0.400. The number of nitrogens with two attached hydrogens (primary N) is 2. The Bertz CT molecular complexity index is 1260. The van der Waals surface area contributed by atoms with E-state index in [0.717, 1.165) is 0 Å². The summed E-state index contributed by atoms with van der Waals surface area (Å²) in [5, 5.41) is 29.7. The zero-order valence-corrected chi connectivity index (χ0v) is 15.2. The number of nitrogen functional groups attached to an aromatic ring is 2. The van der Waals surface area contributed by atoms with Crippen LogP contribution < -0.4 is 16.2 Å². The Kier molecular flexibility index (Phi) is 4.15. The Morgan fingerprint density at radius 3 is 2.07 bits per heavy atom. The van der Waals surface area contributed by atoms with Crippen LogP contribution in [-0.4, -0.2) is 42.4 Å². The maximum absolute atomic E-state index is 10.2. The smallest absolute Gasteiger partial charge is 0.224 e. The van der Waals surface area contributed by atoms with Crippen molar-refractivity contribution in [3.05, 3.63) is 36.4 Å². The topological polar surface area (TPSA) is 174 Å². The van der Waals surface area contributed by atoms with E-state index in [-0.39, 0.29) is 40.2 Å². The Morgan fingerprint density at radius 1 is 0.759 bits per heavy atom. The highest BCUT2D eigenvalue weighted by molar-refractivity contribution is 5.90. The minimum absolute atomic E-state index is 0.0494. The SMILES string of the molecule is COc1ccc(-c2nc3nc(N)nc(N)c3nc2-c2ccc(O)c(O)c2)cc1O. The molecule has 0 saturated carbocycles. The fourth-order valence-corrected chi connectivity index (χ4v) is 2.90. The van der Waals surface area contributed by atoms with Crippen LogP contribution in [0.1, 0.15) is 0 Å². The van der Waals surface area contributed by atoms with Gasteiger partial charge in [-0.3, -0.25) is 0 Å². The number of benzene rings is 2. The lowest BCUT2D eigenvalue weighted by molar-refractivity contribution is 0.373. The number of hydrogen-bond acceptors (Lipinski definition) is 10. The number of methoxy groups -OCH3 is 1. The molecule has 4 rings (SSSR count). The molecule has 2 aromatic carbocycles. The Balaban J connectivity index is 2.04. The fraction of sp³-hybridized carbons (Fsp3) is 0.0526. The van der Waals surface area contributed by atoms with Gasteiger partial charge in [-0.1, -0.05) is 0 Å². The van der Waals surface area contributed by atoms with Crippen LogP contribution in [0.15, 0.2) is 36.4 Å². The highest BCUT2D eigenvalue weighted by atomic mass is 16.5. The van der Waals surface area contributed by atoms with Crippen LogP contribution in [0.3, 0.4) is 0 Å². The monoisotopic (exact) mass is 392 g/mol. The lowest BCUT2D eigenvalue weighted by Crippen LogP contribution is -2.05. The van der Waals surface area contributed by atoms with Gasteiger partial charge in [-0.2, -0.15) is 9.97 Å². The van der Waals surface area contributed by atoms with Gasteiger partial charge in [-0.25, -0.2) is 9.97 Å². The largest absolute Gasteiger partial charge is 0.504 e. The number of aromatic hydroxyl groups is 3. The summed E-state index contributed by atoms with van der Waals surface area (Å²) in [6, 6.07) is 8.96. The second-order valence-corrected chi connectivity index (χ2v) is 6.15. The number of nitrogens with zero attached hydrogens (tertiary/aromatic N) is 4. The minimum Gasteiger partial charge on any atom is -0.504 e. The molecule has 0 radical (unpaired) electrons. The molecule has 0 bridgehead atoms. The number of aromatic nitrogens is 4. The van der Waals surface area contributed by atoms with Crippen LogP contribution in [0.5, 0.6) is 23.0 Å². The van der Waals surface area contributed by atoms with Gasteiger partial charge < -0.3 is 31.5 Å². The molecule has 7 N–H and O–H groups in total. The van der Waals surface area contributed by atoms with E-state index < -0.39 is 0 Å². The van der Waals surface area contributed by atoms with Crippen molar-refractivity contribution >= 4 is 22.9 Å². The van der Waals surface area contributed by atoms with Gasteiger partial charge in [0.25, 0.3) is 0 Å². The first-order valence-corrected chi connectivity index (χ1v) is 8.38. The van der Waals surface area contributed by atoms with Gasteiger partial charge >= 0.3 is 0 Å². The first-order valence-electron chi connectivity index (χ1n) is 8.38. The number of ether oxygens (including phenoxy) is 1. The molecule has 10 nitrogen and oxygen atoms in total.